The average molecular weight is 327 g/mol. The lowest BCUT2D eigenvalue weighted by Gasteiger charge is -2.27. The highest BCUT2D eigenvalue weighted by Crippen LogP contribution is 2.45. The maximum absolute atomic E-state index is 13.1. The Balaban J connectivity index is 1.77. The maximum Gasteiger partial charge on any atom is 0.417 e. The molecule has 1 aromatic carbocycles. The minimum absolute atomic E-state index is 0.0497. The van der Waals surface area contributed by atoms with Crippen LogP contribution >= 0.6 is 0 Å². The number of hydrogen-bond donors (Lipinski definition) is 1. The smallest absolute Gasteiger partial charge is 0.393 e. The molecule has 126 valence electrons. The van der Waals surface area contributed by atoms with Crippen LogP contribution in [0.15, 0.2) is 24.3 Å². The lowest BCUT2D eigenvalue weighted by atomic mass is 10.0. The second-order valence-corrected chi connectivity index (χ2v) is 6.73. The van der Waals surface area contributed by atoms with E-state index in [2.05, 4.69) is 0 Å². The highest BCUT2D eigenvalue weighted by molar-refractivity contribution is 5.96. The fourth-order valence-corrected chi connectivity index (χ4v) is 4.14. The molecule has 3 rings (SSSR count). The summed E-state index contributed by atoms with van der Waals surface area (Å²) in [6.45, 7) is 0. The van der Waals surface area contributed by atoms with E-state index in [4.69, 9.17) is 0 Å². The van der Waals surface area contributed by atoms with Gasteiger partial charge in [-0.2, -0.15) is 13.2 Å². The van der Waals surface area contributed by atoms with Crippen LogP contribution in [0.5, 0.6) is 0 Å². The largest absolute Gasteiger partial charge is 0.417 e. The quantitative estimate of drug-likeness (QED) is 0.905. The fraction of sp³-hybridized carbons (Fsp3) is 0.588. The molecule has 0 radical (unpaired) electrons. The van der Waals surface area contributed by atoms with Gasteiger partial charge < -0.3 is 10.0 Å². The molecule has 0 aliphatic heterocycles. The van der Waals surface area contributed by atoms with Gasteiger partial charge in [0.05, 0.1) is 17.2 Å². The van der Waals surface area contributed by atoms with Crippen molar-refractivity contribution in [3.63, 3.8) is 0 Å². The van der Waals surface area contributed by atoms with Crippen LogP contribution in [0, 0.1) is 11.8 Å². The molecule has 1 amide bonds. The zero-order chi connectivity index (χ0) is 16.8. The van der Waals surface area contributed by atoms with E-state index in [-0.39, 0.29) is 17.7 Å². The molecular weight excluding hydrogens is 307 g/mol. The lowest BCUT2D eigenvalue weighted by Crippen LogP contribution is -2.37. The van der Waals surface area contributed by atoms with Crippen LogP contribution in [-0.2, 0) is 6.18 Å². The van der Waals surface area contributed by atoms with Gasteiger partial charge >= 0.3 is 6.18 Å². The number of fused-ring (bicyclic) bond motifs is 1. The zero-order valence-corrected chi connectivity index (χ0v) is 12.9. The lowest BCUT2D eigenvalue weighted by molar-refractivity contribution is -0.138. The fourth-order valence-electron chi connectivity index (χ4n) is 4.14. The third kappa shape index (κ3) is 3.09. The Bertz CT molecular complexity index is 588. The number of rotatable bonds is 2. The number of benzene rings is 1. The van der Waals surface area contributed by atoms with Gasteiger partial charge in [-0.1, -0.05) is 12.1 Å². The summed E-state index contributed by atoms with van der Waals surface area (Å²) < 4.78 is 39.2. The molecule has 3 nitrogen and oxygen atoms in total. The first-order valence-electron chi connectivity index (χ1n) is 7.88. The number of carbonyl (C=O) groups excluding carboxylic acids is 1. The van der Waals surface area contributed by atoms with Gasteiger partial charge in [-0.05, 0) is 49.7 Å². The molecule has 1 aromatic rings. The zero-order valence-electron chi connectivity index (χ0n) is 12.9. The Hall–Kier alpha value is -1.56. The van der Waals surface area contributed by atoms with Gasteiger partial charge in [-0.25, -0.2) is 0 Å². The highest BCUT2D eigenvalue weighted by Gasteiger charge is 2.44. The highest BCUT2D eigenvalue weighted by atomic mass is 19.4. The molecule has 0 aromatic heterocycles. The van der Waals surface area contributed by atoms with E-state index in [1.807, 2.05) is 0 Å². The molecule has 0 spiro atoms. The Kier molecular flexibility index (Phi) is 4.12. The minimum Gasteiger partial charge on any atom is -0.393 e. The van der Waals surface area contributed by atoms with Crippen molar-refractivity contribution in [3.05, 3.63) is 35.4 Å². The van der Waals surface area contributed by atoms with E-state index in [1.165, 1.54) is 23.1 Å². The number of alkyl halides is 3. The Morgan fingerprint density at radius 1 is 1.13 bits per heavy atom. The molecule has 6 heteroatoms. The summed E-state index contributed by atoms with van der Waals surface area (Å²) in [5.74, 6) is 0.176. The van der Waals surface area contributed by atoms with Gasteiger partial charge in [0.15, 0.2) is 0 Å². The first-order valence-corrected chi connectivity index (χ1v) is 7.88. The van der Waals surface area contributed by atoms with E-state index in [0.29, 0.717) is 11.8 Å². The van der Waals surface area contributed by atoms with Gasteiger partial charge in [-0.3, -0.25) is 4.79 Å². The first-order chi connectivity index (χ1) is 10.8. The molecular formula is C17H20F3NO2. The molecule has 2 unspecified atom stereocenters. The van der Waals surface area contributed by atoms with Gasteiger partial charge in [0.1, 0.15) is 0 Å². The molecule has 0 saturated heterocycles. The third-order valence-corrected chi connectivity index (χ3v) is 5.30. The number of halogens is 3. The number of amides is 1. The van der Waals surface area contributed by atoms with E-state index >= 15 is 0 Å². The van der Waals surface area contributed by atoms with Gasteiger partial charge in [-0.15, -0.1) is 0 Å². The predicted molar refractivity (Wildman–Crippen MR) is 78.8 cm³/mol. The van der Waals surface area contributed by atoms with Crippen molar-refractivity contribution in [1.29, 1.82) is 0 Å². The van der Waals surface area contributed by atoms with Gasteiger partial charge in [0.25, 0.3) is 5.91 Å². The van der Waals surface area contributed by atoms with Crippen LogP contribution in [-0.4, -0.2) is 35.1 Å². The van der Waals surface area contributed by atoms with Gasteiger partial charge in [0, 0.05) is 13.1 Å². The summed E-state index contributed by atoms with van der Waals surface area (Å²) in [4.78, 5) is 14.0. The van der Waals surface area contributed by atoms with E-state index in [9.17, 15) is 23.1 Å². The Morgan fingerprint density at radius 2 is 1.70 bits per heavy atom. The molecule has 0 bridgehead atoms. The van der Waals surface area contributed by atoms with Crippen molar-refractivity contribution in [2.75, 3.05) is 7.05 Å². The first kappa shape index (κ1) is 16.3. The third-order valence-electron chi connectivity index (χ3n) is 5.30. The molecule has 1 N–H and O–H groups in total. The van der Waals surface area contributed by atoms with Crippen LogP contribution in [0.25, 0.3) is 0 Å². The molecule has 2 saturated carbocycles. The topological polar surface area (TPSA) is 40.5 Å². The van der Waals surface area contributed by atoms with Crippen molar-refractivity contribution >= 4 is 5.91 Å². The number of carbonyl (C=O) groups is 1. The molecule has 2 aliphatic carbocycles. The Morgan fingerprint density at radius 3 is 2.26 bits per heavy atom. The van der Waals surface area contributed by atoms with Crippen LogP contribution < -0.4 is 0 Å². The Labute approximate surface area is 133 Å². The van der Waals surface area contributed by atoms with Crippen molar-refractivity contribution in [3.8, 4) is 0 Å². The van der Waals surface area contributed by atoms with Crippen LogP contribution in [0.2, 0.25) is 0 Å². The summed E-state index contributed by atoms with van der Waals surface area (Å²) in [7, 11) is 1.58. The van der Waals surface area contributed by atoms with Crippen molar-refractivity contribution in [2.24, 2.45) is 11.8 Å². The molecule has 2 fully saturated rings. The molecule has 2 aliphatic rings. The summed E-state index contributed by atoms with van der Waals surface area (Å²) in [6, 6.07) is 4.88. The second kappa shape index (κ2) is 5.82. The standard InChI is InChI=1S/C17H20F3NO2/c1-21(12-6-10-8-13(22)9-11(10)7-12)16(23)14-4-2-3-5-15(14)17(18,19)20/h2-5,10-13,22H,6-9H2,1H3/t10-,11+,12?,13?. The normalized spacial score (nSPS) is 30.3. The summed E-state index contributed by atoms with van der Waals surface area (Å²) in [5, 5.41) is 9.67. The van der Waals surface area contributed by atoms with E-state index in [0.717, 1.165) is 31.7 Å². The maximum atomic E-state index is 13.1. The summed E-state index contributed by atoms with van der Waals surface area (Å²) in [6.07, 6.45) is -1.80. The summed E-state index contributed by atoms with van der Waals surface area (Å²) in [5.41, 5.74) is -1.18. The summed E-state index contributed by atoms with van der Waals surface area (Å²) >= 11 is 0. The van der Waals surface area contributed by atoms with Crippen LogP contribution in [0.4, 0.5) is 13.2 Å². The molecule has 4 atom stereocenters. The van der Waals surface area contributed by atoms with Crippen LogP contribution in [0.1, 0.15) is 41.6 Å². The number of aliphatic hydroxyl groups excluding tert-OH is 1. The number of nitrogens with zero attached hydrogens (tertiary/aromatic N) is 1. The van der Waals surface area contributed by atoms with Gasteiger partial charge in [0.2, 0.25) is 0 Å². The molecule has 23 heavy (non-hydrogen) atoms. The second-order valence-electron chi connectivity index (χ2n) is 6.73. The monoisotopic (exact) mass is 327 g/mol. The minimum atomic E-state index is -4.54. The molecule has 0 heterocycles. The van der Waals surface area contributed by atoms with Crippen molar-refractivity contribution in [2.45, 2.75) is 44.0 Å². The van der Waals surface area contributed by atoms with Crippen molar-refractivity contribution < 1.29 is 23.1 Å². The van der Waals surface area contributed by atoms with Crippen molar-refractivity contribution in [1.82, 2.24) is 4.90 Å². The number of hydrogen-bond acceptors (Lipinski definition) is 2. The van der Waals surface area contributed by atoms with Crippen LogP contribution in [0.3, 0.4) is 0 Å². The average Bonchev–Trinajstić information content (AvgIpc) is 3.02. The predicted octanol–water partition coefficient (Wildman–Crippen LogP) is 3.33. The van der Waals surface area contributed by atoms with E-state index < -0.39 is 17.6 Å². The number of aliphatic hydroxyl groups is 1. The SMILES string of the molecule is CN(C(=O)c1ccccc1C(F)(F)F)C1C[C@H]2CC(O)C[C@H]2C1. The van der Waals surface area contributed by atoms with E-state index in [1.54, 1.807) is 7.05 Å².